The predicted octanol–water partition coefficient (Wildman–Crippen LogP) is -0.965. The number of rotatable bonds is 4. The topological polar surface area (TPSA) is 19.7 Å². The van der Waals surface area contributed by atoms with E-state index in [1.54, 1.807) is 0 Å². The fraction of sp³-hybridized carbons (Fsp3) is 0.667. The molecule has 0 bridgehead atoms. The predicted molar refractivity (Wildman–Crippen MR) is 53.8 cm³/mol. The monoisotopic (exact) mass is 218 g/mol. The van der Waals surface area contributed by atoms with E-state index in [1.807, 2.05) is 12.5 Å². The van der Waals surface area contributed by atoms with Crippen LogP contribution in [0.25, 0.3) is 0 Å². The van der Waals surface area contributed by atoms with Gasteiger partial charge in [-0.1, -0.05) is 25.7 Å². The van der Waals surface area contributed by atoms with Gasteiger partial charge >= 0.3 is 0 Å². The highest BCUT2D eigenvalue weighted by molar-refractivity contribution is 6.76. The molecule has 4 heteroatoms. The fourth-order valence-electron chi connectivity index (χ4n) is 1.25. The number of nitrogens with one attached hydrogen (secondary N) is 1. The maximum absolute atomic E-state index is 3.05. The van der Waals surface area contributed by atoms with Crippen LogP contribution in [0.15, 0.2) is 18.7 Å². The molecule has 0 unspecified atom stereocenters. The largest absolute Gasteiger partial charge is 1.00 e. The van der Waals surface area contributed by atoms with Gasteiger partial charge in [-0.15, -0.1) is 0 Å². The van der Waals surface area contributed by atoms with E-state index in [2.05, 4.69) is 35.4 Å². The smallest absolute Gasteiger partial charge is 0.241 e. The standard InChI is InChI=1S/C9H18N2Si.ClH/c1-12(2,3)8-4-6-11-7-5-10-9-11;/h5,7,9H,4,6,8H2,1-3H3;1H. The highest BCUT2D eigenvalue weighted by Gasteiger charge is 2.12. The second-order valence-corrected chi connectivity index (χ2v) is 10.1. The van der Waals surface area contributed by atoms with Gasteiger partial charge in [-0.05, 0) is 6.42 Å². The number of nitrogens with zero attached hydrogens (tertiary/aromatic N) is 1. The lowest BCUT2D eigenvalue weighted by Gasteiger charge is -2.13. The van der Waals surface area contributed by atoms with Crippen LogP contribution in [-0.4, -0.2) is 13.1 Å². The Hall–Kier alpha value is -0.283. The van der Waals surface area contributed by atoms with E-state index in [1.165, 1.54) is 12.5 Å². The summed E-state index contributed by atoms with van der Waals surface area (Å²) in [7, 11) is -0.814. The van der Waals surface area contributed by atoms with Crippen molar-refractivity contribution < 1.29 is 17.0 Å². The highest BCUT2D eigenvalue weighted by atomic mass is 35.5. The van der Waals surface area contributed by atoms with Crippen LogP contribution in [-0.2, 0) is 6.54 Å². The van der Waals surface area contributed by atoms with Crippen molar-refractivity contribution >= 4 is 8.07 Å². The van der Waals surface area contributed by atoms with E-state index >= 15 is 0 Å². The van der Waals surface area contributed by atoms with Gasteiger partial charge in [-0.25, -0.2) is 4.57 Å². The summed E-state index contributed by atoms with van der Waals surface area (Å²) in [5.74, 6) is 0. The number of aromatic amines is 1. The summed E-state index contributed by atoms with van der Waals surface area (Å²) in [6.07, 6.45) is 7.39. The number of halogens is 1. The Morgan fingerprint density at radius 2 is 2.00 bits per heavy atom. The van der Waals surface area contributed by atoms with Gasteiger partial charge in [0.2, 0.25) is 6.33 Å². The molecule has 0 saturated heterocycles. The first-order valence-electron chi connectivity index (χ1n) is 4.60. The number of aryl methyl sites for hydroxylation is 1. The summed E-state index contributed by atoms with van der Waals surface area (Å²) in [4.78, 5) is 3.05. The van der Waals surface area contributed by atoms with Crippen LogP contribution >= 0.6 is 0 Å². The Balaban J connectivity index is 0.00000144. The van der Waals surface area contributed by atoms with Crippen LogP contribution in [0.2, 0.25) is 25.7 Å². The van der Waals surface area contributed by atoms with Crippen LogP contribution in [0.3, 0.4) is 0 Å². The molecule has 0 fully saturated rings. The maximum atomic E-state index is 3.05. The Bertz CT molecular complexity index is 216. The molecule has 13 heavy (non-hydrogen) atoms. The highest BCUT2D eigenvalue weighted by Crippen LogP contribution is 2.10. The molecular formula is C9H19ClN2Si. The molecule has 0 aliphatic rings. The van der Waals surface area contributed by atoms with Crippen molar-refractivity contribution in [2.24, 2.45) is 0 Å². The molecule has 1 N–H and O–H groups in total. The molecule has 0 aliphatic heterocycles. The minimum atomic E-state index is -0.814. The average molecular weight is 219 g/mol. The van der Waals surface area contributed by atoms with Gasteiger partial charge in [0.05, 0.1) is 6.54 Å². The molecule has 0 spiro atoms. The normalized spacial score (nSPS) is 11.0. The maximum Gasteiger partial charge on any atom is 0.241 e. The van der Waals surface area contributed by atoms with Crippen LogP contribution in [0.5, 0.6) is 0 Å². The average Bonchev–Trinajstić information content (AvgIpc) is 2.36. The van der Waals surface area contributed by atoms with Gasteiger partial charge in [0.1, 0.15) is 12.4 Å². The lowest BCUT2D eigenvalue weighted by Crippen LogP contribution is -3.00. The summed E-state index contributed by atoms with van der Waals surface area (Å²) < 4.78 is 2.21. The van der Waals surface area contributed by atoms with Crippen molar-refractivity contribution in [3.8, 4) is 0 Å². The Morgan fingerprint density at radius 1 is 1.31 bits per heavy atom. The second-order valence-electron chi connectivity index (χ2n) is 4.51. The number of H-pyrrole nitrogens is 1. The molecule has 0 atom stereocenters. The fourth-order valence-corrected chi connectivity index (χ4v) is 2.47. The summed E-state index contributed by atoms with van der Waals surface area (Å²) in [5, 5.41) is 0. The third-order valence-corrected chi connectivity index (χ3v) is 3.80. The molecule has 0 radical (unpaired) electrons. The van der Waals surface area contributed by atoms with E-state index < -0.39 is 8.07 Å². The van der Waals surface area contributed by atoms with E-state index in [0.717, 1.165) is 6.54 Å². The van der Waals surface area contributed by atoms with Gasteiger partial charge in [0.25, 0.3) is 0 Å². The Kier molecular flexibility index (Phi) is 5.33. The number of imidazole rings is 1. The van der Waals surface area contributed by atoms with Gasteiger partial charge in [0, 0.05) is 8.07 Å². The molecule has 0 aliphatic carbocycles. The van der Waals surface area contributed by atoms with E-state index in [0.29, 0.717) is 0 Å². The zero-order chi connectivity index (χ0) is 9.03. The molecule has 1 heterocycles. The molecule has 76 valence electrons. The molecule has 0 saturated carbocycles. The van der Waals surface area contributed by atoms with Crippen LogP contribution in [0.1, 0.15) is 6.42 Å². The minimum Gasteiger partial charge on any atom is -1.00 e. The van der Waals surface area contributed by atoms with Crippen LogP contribution < -0.4 is 17.0 Å². The molecular weight excluding hydrogens is 200 g/mol. The third-order valence-electron chi connectivity index (χ3n) is 1.95. The van der Waals surface area contributed by atoms with Crippen LogP contribution in [0.4, 0.5) is 0 Å². The number of hydrogen-bond donors (Lipinski definition) is 1. The van der Waals surface area contributed by atoms with Crippen molar-refractivity contribution in [2.75, 3.05) is 0 Å². The third kappa shape index (κ3) is 5.88. The molecule has 2 nitrogen and oxygen atoms in total. The van der Waals surface area contributed by atoms with E-state index in [9.17, 15) is 0 Å². The quantitative estimate of drug-likeness (QED) is 0.496. The Labute approximate surface area is 87.8 Å². The lowest BCUT2D eigenvalue weighted by molar-refractivity contribution is -0.695. The lowest BCUT2D eigenvalue weighted by atomic mass is 10.5. The van der Waals surface area contributed by atoms with Crippen molar-refractivity contribution in [1.29, 1.82) is 0 Å². The first kappa shape index (κ1) is 12.7. The van der Waals surface area contributed by atoms with E-state index in [4.69, 9.17) is 0 Å². The number of aromatic nitrogens is 2. The zero-order valence-corrected chi connectivity index (χ0v) is 10.4. The van der Waals surface area contributed by atoms with Gasteiger partial charge in [-0.3, -0.25) is 4.98 Å². The molecule has 1 aromatic rings. The molecule has 1 rings (SSSR count). The summed E-state index contributed by atoms with van der Waals surface area (Å²) in [6, 6.07) is 1.42. The molecule has 0 aromatic carbocycles. The zero-order valence-electron chi connectivity index (χ0n) is 8.68. The minimum absolute atomic E-state index is 0. The summed E-state index contributed by atoms with van der Waals surface area (Å²) >= 11 is 0. The summed E-state index contributed by atoms with van der Waals surface area (Å²) in [5.41, 5.74) is 0. The van der Waals surface area contributed by atoms with Crippen LogP contribution in [0, 0.1) is 0 Å². The second kappa shape index (κ2) is 5.45. The van der Waals surface area contributed by atoms with E-state index in [-0.39, 0.29) is 12.4 Å². The first-order chi connectivity index (χ1) is 5.58. The van der Waals surface area contributed by atoms with Crippen molar-refractivity contribution in [3.63, 3.8) is 0 Å². The molecule has 0 amide bonds. The SMILES string of the molecule is C[Si](C)(C)CCC[n+]1cc[nH]c1.[Cl-]. The van der Waals surface area contributed by atoms with Crippen molar-refractivity contribution in [3.05, 3.63) is 18.7 Å². The Morgan fingerprint density at radius 3 is 2.46 bits per heavy atom. The van der Waals surface area contributed by atoms with Gasteiger partial charge in [0.15, 0.2) is 0 Å². The number of hydrogen-bond acceptors (Lipinski definition) is 0. The summed E-state index contributed by atoms with van der Waals surface area (Å²) in [6.45, 7) is 8.44. The van der Waals surface area contributed by atoms with Crippen molar-refractivity contribution in [1.82, 2.24) is 4.98 Å². The first-order valence-corrected chi connectivity index (χ1v) is 8.30. The van der Waals surface area contributed by atoms with Gasteiger partial charge < -0.3 is 12.4 Å². The van der Waals surface area contributed by atoms with Crippen molar-refractivity contribution in [2.45, 2.75) is 38.7 Å². The van der Waals surface area contributed by atoms with Gasteiger partial charge in [-0.2, -0.15) is 0 Å². The molecule has 1 aromatic heterocycles.